The van der Waals surface area contributed by atoms with Crippen LogP contribution in [0.2, 0.25) is 0 Å². The van der Waals surface area contributed by atoms with E-state index < -0.39 is 5.41 Å². The third kappa shape index (κ3) is 2.20. The monoisotopic (exact) mass is 564 g/mol. The molecule has 1 aliphatic carbocycles. The van der Waals surface area contributed by atoms with E-state index in [0.717, 1.165) is 0 Å². The van der Waals surface area contributed by atoms with Crippen LogP contribution >= 0.6 is 0 Å². The summed E-state index contributed by atoms with van der Waals surface area (Å²) in [5, 5.41) is 3.93. The summed E-state index contributed by atoms with van der Waals surface area (Å²) in [6.07, 6.45) is 4.62. The van der Waals surface area contributed by atoms with Gasteiger partial charge in [-0.3, -0.25) is 0 Å². The van der Waals surface area contributed by atoms with Crippen molar-refractivity contribution in [3.05, 3.63) is 155 Å². The fraction of sp³-hybridized carbons (Fsp3) is 0.122. The first-order valence-electron chi connectivity index (χ1n) is 15.7. The molecule has 1 unspecified atom stereocenters. The van der Waals surface area contributed by atoms with Gasteiger partial charge in [0.05, 0.1) is 20.2 Å². The van der Waals surface area contributed by atoms with Gasteiger partial charge in [0.1, 0.15) is 10.9 Å². The minimum absolute atomic E-state index is 0.0411. The molecular formula is C41H30N3+3. The Kier molecular flexibility index (Phi) is 3.80. The standard InChI is InChI=1S/C41H30N3/c1-40(2,3)31-21-22-33-39-36(31)34-16-8-9-23-42(34)44(39)38-32(20-19-25-17-18-26-11-10-24-43(44)37(26)35(25)38)41(33)29-14-6-4-12-27(29)28-13-5-7-15-30(28)41/h4-24H,1-3H3/q+3. The molecule has 3 aliphatic heterocycles. The highest BCUT2D eigenvalue weighted by Gasteiger charge is 2.75. The molecule has 0 N–H and O–H groups in total. The lowest BCUT2D eigenvalue weighted by Crippen LogP contribution is -2.82. The smallest absolute Gasteiger partial charge is 0.0619 e. The van der Waals surface area contributed by atoms with E-state index in [9.17, 15) is 0 Å². The second kappa shape index (κ2) is 7.15. The Balaban J connectivity index is 1.49. The van der Waals surface area contributed by atoms with Crippen molar-refractivity contribution in [2.24, 2.45) is 0 Å². The predicted molar refractivity (Wildman–Crippen MR) is 176 cm³/mol. The second-order valence-electron chi connectivity index (χ2n) is 13.9. The highest BCUT2D eigenvalue weighted by molar-refractivity contribution is 6.15. The summed E-state index contributed by atoms with van der Waals surface area (Å²) in [6.45, 7) is 7.08. The van der Waals surface area contributed by atoms with Crippen LogP contribution in [-0.2, 0) is 10.8 Å². The van der Waals surface area contributed by atoms with E-state index in [0.29, 0.717) is 4.70 Å². The number of hydrogen-bond donors (Lipinski definition) is 0. The maximum atomic E-state index is 2.56. The maximum Gasteiger partial charge on any atom is 0.294 e. The fourth-order valence-corrected chi connectivity index (χ4v) is 9.54. The van der Waals surface area contributed by atoms with Crippen molar-refractivity contribution >= 4 is 33.1 Å². The predicted octanol–water partition coefficient (Wildman–Crippen LogP) is 8.40. The van der Waals surface area contributed by atoms with E-state index in [1.165, 1.54) is 83.3 Å². The molecular weight excluding hydrogens is 534 g/mol. The molecule has 1 atom stereocenters. The van der Waals surface area contributed by atoms with E-state index in [2.05, 4.69) is 158 Å². The number of pyridine rings is 2. The summed E-state index contributed by atoms with van der Waals surface area (Å²) in [7, 11) is 0. The second-order valence-corrected chi connectivity index (χ2v) is 13.9. The largest absolute Gasteiger partial charge is 0.294 e. The molecule has 0 saturated heterocycles. The fourth-order valence-electron chi connectivity index (χ4n) is 9.54. The number of nitrogens with zero attached hydrogens (tertiary/aromatic N) is 3. The lowest BCUT2D eigenvalue weighted by Gasteiger charge is -2.39. The molecule has 2 spiro atoms. The number of hydrogen-bond acceptors (Lipinski definition) is 0. The average Bonchev–Trinajstić information content (AvgIpc) is 3.65. The van der Waals surface area contributed by atoms with Crippen molar-refractivity contribution in [1.82, 2.24) is 4.70 Å². The number of benzene rings is 5. The summed E-state index contributed by atoms with van der Waals surface area (Å²) >= 11 is 0. The molecule has 11 rings (SSSR count). The first-order chi connectivity index (χ1) is 21.5. The lowest BCUT2D eigenvalue weighted by atomic mass is 9.63. The molecule has 5 aromatic carbocycles. The Morgan fingerprint density at radius 2 is 1.18 bits per heavy atom. The minimum atomic E-state index is -0.438. The number of fused-ring (bicyclic) bond motifs is 9. The van der Waals surface area contributed by atoms with Crippen LogP contribution in [0, 0.1) is 0 Å². The summed E-state index contributed by atoms with van der Waals surface area (Å²) in [6, 6.07) is 43.9. The van der Waals surface area contributed by atoms with Crippen molar-refractivity contribution in [1.29, 1.82) is 0 Å². The maximum absolute atomic E-state index is 2.56. The van der Waals surface area contributed by atoms with Crippen LogP contribution < -0.4 is 14.1 Å². The molecule has 0 amide bonds. The third-order valence-corrected chi connectivity index (χ3v) is 11.0. The molecule has 3 nitrogen and oxygen atoms in total. The van der Waals surface area contributed by atoms with Crippen LogP contribution in [0.1, 0.15) is 48.6 Å². The number of aromatic nitrogens is 2. The van der Waals surface area contributed by atoms with Crippen molar-refractivity contribution in [3.8, 4) is 22.4 Å². The zero-order chi connectivity index (χ0) is 29.2. The van der Waals surface area contributed by atoms with E-state index in [1.54, 1.807) is 0 Å². The van der Waals surface area contributed by atoms with Crippen LogP contribution in [0.4, 0.5) is 11.4 Å². The molecule has 0 saturated carbocycles. The average molecular weight is 565 g/mol. The van der Waals surface area contributed by atoms with Crippen LogP contribution in [0.15, 0.2) is 128 Å². The quantitative estimate of drug-likeness (QED) is 0.0993. The molecule has 5 heterocycles. The molecule has 3 heteroatoms. The summed E-state index contributed by atoms with van der Waals surface area (Å²) in [5.74, 6) is 0. The van der Waals surface area contributed by atoms with Gasteiger partial charge in [0.2, 0.25) is 12.4 Å². The summed E-state index contributed by atoms with van der Waals surface area (Å²) in [5.41, 5.74) is 15.8. The van der Waals surface area contributed by atoms with Crippen LogP contribution in [0.3, 0.4) is 0 Å². The first kappa shape index (κ1) is 23.3. The van der Waals surface area contributed by atoms with Crippen molar-refractivity contribution in [2.45, 2.75) is 31.6 Å². The first-order valence-corrected chi connectivity index (χ1v) is 15.7. The van der Waals surface area contributed by atoms with Gasteiger partial charge in [-0.25, -0.2) is 0 Å². The molecule has 0 radical (unpaired) electrons. The Hall–Kier alpha value is -5.12. The minimum Gasteiger partial charge on any atom is -0.0619 e. The van der Waals surface area contributed by atoms with Crippen molar-refractivity contribution < 1.29 is 9.35 Å². The van der Waals surface area contributed by atoms with Gasteiger partial charge in [-0.2, -0.15) is 0 Å². The Labute approximate surface area is 256 Å². The molecule has 0 fully saturated rings. The zero-order valence-corrected chi connectivity index (χ0v) is 25.0. The molecule has 2 aromatic heterocycles. The lowest BCUT2D eigenvalue weighted by molar-refractivity contribution is -1.02. The zero-order valence-electron chi connectivity index (χ0n) is 25.0. The normalized spacial score (nSPS) is 18.6. The van der Waals surface area contributed by atoms with Crippen LogP contribution in [0.5, 0.6) is 0 Å². The summed E-state index contributed by atoms with van der Waals surface area (Å²) < 4.78 is 5.61. The van der Waals surface area contributed by atoms with Gasteiger partial charge < -0.3 is 0 Å². The van der Waals surface area contributed by atoms with E-state index in [4.69, 9.17) is 0 Å². The summed E-state index contributed by atoms with van der Waals surface area (Å²) in [4.78, 5) is 0. The van der Waals surface area contributed by atoms with E-state index >= 15 is 0 Å². The molecule has 4 aliphatic rings. The van der Waals surface area contributed by atoms with E-state index in [-0.39, 0.29) is 5.41 Å². The molecule has 0 bridgehead atoms. The highest BCUT2D eigenvalue weighted by Crippen LogP contribution is 2.68. The number of quaternary nitrogens is 1. The van der Waals surface area contributed by atoms with Gasteiger partial charge in [-0.05, 0) is 56.8 Å². The molecule has 7 aromatic rings. The Morgan fingerprint density at radius 1 is 0.545 bits per heavy atom. The van der Waals surface area contributed by atoms with Gasteiger partial charge in [-0.1, -0.05) is 99.6 Å². The number of rotatable bonds is 0. The van der Waals surface area contributed by atoms with Crippen LogP contribution in [-0.4, -0.2) is 0 Å². The topological polar surface area (TPSA) is 7.76 Å². The van der Waals surface area contributed by atoms with Gasteiger partial charge in [0.25, 0.3) is 22.6 Å². The van der Waals surface area contributed by atoms with Crippen molar-refractivity contribution in [2.75, 3.05) is 0 Å². The molecule has 44 heavy (non-hydrogen) atoms. The van der Waals surface area contributed by atoms with E-state index in [1.807, 2.05) is 0 Å². The Bertz CT molecular complexity index is 2450. The van der Waals surface area contributed by atoms with Gasteiger partial charge in [-0.15, -0.1) is 0 Å². The van der Waals surface area contributed by atoms with Crippen molar-refractivity contribution in [3.63, 3.8) is 0 Å². The highest BCUT2D eigenvalue weighted by atomic mass is 15.9. The Morgan fingerprint density at radius 3 is 1.95 bits per heavy atom. The van der Waals surface area contributed by atoms with Gasteiger partial charge in [0.15, 0.2) is 4.70 Å². The van der Waals surface area contributed by atoms with Gasteiger partial charge >= 0.3 is 0 Å². The molecule has 206 valence electrons. The SMILES string of the molecule is CC(C)(C)c1ccc2c3c1-c1cccc[n+]1[N+]31c3c(ccc4ccc5ccc[n+]1c5c34)C21c2ccccc2-c2ccccc21. The van der Waals surface area contributed by atoms with Gasteiger partial charge in [0, 0.05) is 29.3 Å². The van der Waals surface area contributed by atoms with Crippen LogP contribution in [0.25, 0.3) is 44.1 Å². The third-order valence-electron chi connectivity index (χ3n) is 11.0.